The molecule has 0 aromatic carbocycles. The maximum atomic E-state index is 5.50. The van der Waals surface area contributed by atoms with Crippen molar-refractivity contribution < 1.29 is 0 Å². The molecule has 2 N–H and O–H groups in total. The van der Waals surface area contributed by atoms with Crippen molar-refractivity contribution in [1.29, 1.82) is 0 Å². The van der Waals surface area contributed by atoms with Crippen LogP contribution >= 0.6 is 12.2 Å². The van der Waals surface area contributed by atoms with Gasteiger partial charge in [-0.1, -0.05) is 26.1 Å². The molecule has 0 aliphatic carbocycles. The first kappa shape index (κ1) is 10.1. The summed E-state index contributed by atoms with van der Waals surface area (Å²) in [5, 5.41) is 4.27. The third-order valence-corrected chi connectivity index (χ3v) is 2.19. The average molecular weight is 198 g/mol. The number of hydrogen-bond donors (Lipinski definition) is 1. The maximum Gasteiger partial charge on any atom is 0.153 e. The summed E-state index contributed by atoms with van der Waals surface area (Å²) >= 11 is 4.86. The molecule has 0 radical (unpaired) electrons. The Morgan fingerprint density at radius 3 is 2.54 bits per heavy atom. The van der Waals surface area contributed by atoms with Crippen LogP contribution in [0.2, 0.25) is 0 Å². The van der Waals surface area contributed by atoms with E-state index in [9.17, 15) is 0 Å². The Bertz CT molecular complexity index is 305. The highest BCUT2D eigenvalue weighted by molar-refractivity contribution is 7.80. The van der Waals surface area contributed by atoms with E-state index in [1.165, 1.54) is 0 Å². The van der Waals surface area contributed by atoms with Gasteiger partial charge in [-0.2, -0.15) is 5.10 Å². The van der Waals surface area contributed by atoms with Gasteiger partial charge in [-0.05, 0) is 6.92 Å². The fourth-order valence-corrected chi connectivity index (χ4v) is 0.978. The molecule has 0 aliphatic heterocycles. The van der Waals surface area contributed by atoms with Crippen LogP contribution in [0.1, 0.15) is 38.6 Å². The van der Waals surface area contributed by atoms with Crippen LogP contribution in [0.4, 0.5) is 0 Å². The first-order valence-corrected chi connectivity index (χ1v) is 4.63. The molecule has 0 saturated heterocycles. The Morgan fingerprint density at radius 2 is 2.15 bits per heavy atom. The van der Waals surface area contributed by atoms with Crippen LogP contribution in [0, 0.1) is 0 Å². The van der Waals surface area contributed by atoms with Crippen LogP contribution < -0.4 is 5.73 Å². The molecule has 0 fully saturated rings. The van der Waals surface area contributed by atoms with Gasteiger partial charge in [-0.3, -0.25) is 0 Å². The quantitative estimate of drug-likeness (QED) is 0.743. The van der Waals surface area contributed by atoms with Crippen molar-refractivity contribution in [3.05, 3.63) is 12.2 Å². The van der Waals surface area contributed by atoms with Crippen molar-refractivity contribution in [3.8, 4) is 0 Å². The molecule has 5 heteroatoms. The van der Waals surface area contributed by atoms with E-state index in [4.69, 9.17) is 18.0 Å². The lowest BCUT2D eigenvalue weighted by Crippen LogP contribution is -2.22. The number of rotatable bonds is 3. The Labute approximate surface area is 83.1 Å². The second-order valence-corrected chi connectivity index (χ2v) is 3.79. The molecule has 0 saturated carbocycles. The third kappa shape index (κ3) is 2.24. The molecular weight excluding hydrogens is 184 g/mol. The highest BCUT2D eigenvalue weighted by atomic mass is 32.1. The predicted octanol–water partition coefficient (Wildman–Crippen LogP) is 1.25. The monoisotopic (exact) mass is 198 g/mol. The van der Waals surface area contributed by atoms with E-state index < -0.39 is 0 Å². The normalized spacial score (nSPS) is 13.2. The zero-order chi connectivity index (χ0) is 10.0. The highest BCUT2D eigenvalue weighted by Gasteiger charge is 2.11. The van der Waals surface area contributed by atoms with Gasteiger partial charge in [-0.15, -0.1) is 0 Å². The molecule has 1 rings (SSSR count). The first-order valence-electron chi connectivity index (χ1n) is 4.22. The van der Waals surface area contributed by atoms with E-state index >= 15 is 0 Å². The SMILES string of the molecule is CC(C)c1ncn(C(C)C(N)=S)n1. The fraction of sp³-hybridized carbons (Fsp3) is 0.625. The Hall–Kier alpha value is -0.970. The van der Waals surface area contributed by atoms with Crippen molar-refractivity contribution in [1.82, 2.24) is 14.8 Å². The third-order valence-electron chi connectivity index (χ3n) is 1.85. The number of hydrogen-bond acceptors (Lipinski definition) is 3. The van der Waals surface area contributed by atoms with Crippen LogP contribution in [-0.4, -0.2) is 19.8 Å². The summed E-state index contributed by atoms with van der Waals surface area (Å²) in [6.07, 6.45) is 1.67. The lowest BCUT2D eigenvalue weighted by atomic mass is 10.2. The summed E-state index contributed by atoms with van der Waals surface area (Å²) in [5.74, 6) is 1.16. The minimum Gasteiger partial charge on any atom is -0.392 e. The predicted molar refractivity (Wildman–Crippen MR) is 55.6 cm³/mol. The van der Waals surface area contributed by atoms with Crippen LogP contribution in [0.3, 0.4) is 0 Å². The molecule has 4 nitrogen and oxygen atoms in total. The maximum absolute atomic E-state index is 5.50. The van der Waals surface area contributed by atoms with E-state index in [2.05, 4.69) is 10.1 Å². The second-order valence-electron chi connectivity index (χ2n) is 3.32. The van der Waals surface area contributed by atoms with E-state index in [1.54, 1.807) is 11.0 Å². The van der Waals surface area contributed by atoms with Gasteiger partial charge in [-0.25, -0.2) is 9.67 Å². The second kappa shape index (κ2) is 3.83. The van der Waals surface area contributed by atoms with Crippen molar-refractivity contribution in [3.63, 3.8) is 0 Å². The lowest BCUT2D eigenvalue weighted by Gasteiger charge is -2.08. The van der Waals surface area contributed by atoms with Crippen LogP contribution in [0.15, 0.2) is 6.33 Å². The summed E-state index contributed by atoms with van der Waals surface area (Å²) in [6, 6.07) is -0.0602. The topological polar surface area (TPSA) is 56.7 Å². The van der Waals surface area contributed by atoms with Gasteiger partial charge < -0.3 is 5.73 Å². The van der Waals surface area contributed by atoms with Gasteiger partial charge in [0.15, 0.2) is 5.82 Å². The van der Waals surface area contributed by atoms with E-state index in [0.29, 0.717) is 10.9 Å². The van der Waals surface area contributed by atoms with E-state index in [-0.39, 0.29) is 6.04 Å². The molecule has 0 amide bonds. The number of nitrogens with zero attached hydrogens (tertiary/aromatic N) is 3. The summed E-state index contributed by atoms with van der Waals surface area (Å²) in [7, 11) is 0. The molecule has 0 spiro atoms. The zero-order valence-corrected chi connectivity index (χ0v) is 8.88. The molecule has 1 aromatic rings. The minimum atomic E-state index is -0.0602. The van der Waals surface area contributed by atoms with Gasteiger partial charge in [0.2, 0.25) is 0 Å². The number of nitrogens with two attached hydrogens (primary N) is 1. The molecule has 0 bridgehead atoms. The standard InChI is InChI=1S/C8H14N4S/c1-5(2)8-10-4-12(11-8)6(3)7(9)13/h4-6H,1-3H3,(H2,9,13). The van der Waals surface area contributed by atoms with Gasteiger partial charge in [0, 0.05) is 5.92 Å². The van der Waals surface area contributed by atoms with E-state index in [1.807, 2.05) is 20.8 Å². The minimum absolute atomic E-state index is 0.0602. The van der Waals surface area contributed by atoms with Crippen molar-refractivity contribution in [2.75, 3.05) is 0 Å². The Morgan fingerprint density at radius 1 is 1.54 bits per heavy atom. The molecule has 72 valence electrons. The van der Waals surface area contributed by atoms with Crippen molar-refractivity contribution in [2.24, 2.45) is 5.73 Å². The largest absolute Gasteiger partial charge is 0.392 e. The zero-order valence-electron chi connectivity index (χ0n) is 8.06. The van der Waals surface area contributed by atoms with Crippen LogP contribution in [-0.2, 0) is 0 Å². The Kier molecular flexibility index (Phi) is 2.98. The van der Waals surface area contributed by atoms with E-state index in [0.717, 1.165) is 5.82 Å². The van der Waals surface area contributed by atoms with Crippen LogP contribution in [0.25, 0.3) is 0 Å². The molecule has 0 aliphatic rings. The summed E-state index contributed by atoms with van der Waals surface area (Å²) in [6.45, 7) is 6.00. The van der Waals surface area contributed by atoms with Gasteiger partial charge >= 0.3 is 0 Å². The van der Waals surface area contributed by atoms with Crippen molar-refractivity contribution in [2.45, 2.75) is 32.7 Å². The molecule has 1 unspecified atom stereocenters. The molecule has 1 heterocycles. The van der Waals surface area contributed by atoms with Gasteiger partial charge in [0.25, 0.3) is 0 Å². The van der Waals surface area contributed by atoms with Gasteiger partial charge in [0.05, 0.1) is 4.99 Å². The first-order chi connectivity index (χ1) is 6.02. The van der Waals surface area contributed by atoms with Crippen molar-refractivity contribution >= 4 is 17.2 Å². The summed E-state index contributed by atoms with van der Waals surface area (Å²) in [5.41, 5.74) is 5.50. The smallest absolute Gasteiger partial charge is 0.153 e. The Balaban J connectivity index is 2.85. The number of thiocarbonyl (C=S) groups is 1. The highest BCUT2D eigenvalue weighted by Crippen LogP contribution is 2.10. The molecular formula is C8H14N4S. The van der Waals surface area contributed by atoms with Crippen LogP contribution in [0.5, 0.6) is 0 Å². The summed E-state index contributed by atoms with van der Waals surface area (Å²) in [4.78, 5) is 4.59. The average Bonchev–Trinajstić information content (AvgIpc) is 2.50. The molecule has 1 aromatic heterocycles. The summed E-state index contributed by atoms with van der Waals surface area (Å²) < 4.78 is 1.69. The molecule has 13 heavy (non-hydrogen) atoms. The van der Waals surface area contributed by atoms with Gasteiger partial charge in [0.1, 0.15) is 12.4 Å². The number of aromatic nitrogens is 3. The lowest BCUT2D eigenvalue weighted by molar-refractivity contribution is 0.594. The molecule has 1 atom stereocenters. The fourth-order valence-electron chi connectivity index (χ4n) is 0.870.